The molecule has 1 amide bonds. The lowest BCUT2D eigenvalue weighted by molar-refractivity contribution is -0.117. The predicted octanol–water partition coefficient (Wildman–Crippen LogP) is 1.80. The molecule has 0 bridgehead atoms. The highest BCUT2D eigenvalue weighted by molar-refractivity contribution is 9.10. The van der Waals surface area contributed by atoms with Gasteiger partial charge in [-0.3, -0.25) is 4.79 Å². The van der Waals surface area contributed by atoms with Crippen LogP contribution in [0.4, 0.5) is 5.69 Å². The van der Waals surface area contributed by atoms with Crippen molar-refractivity contribution in [1.29, 1.82) is 0 Å². The quantitative estimate of drug-likeness (QED) is 0.926. The first kappa shape index (κ1) is 12.4. The Morgan fingerprint density at radius 3 is 2.94 bits per heavy atom. The summed E-state index contributed by atoms with van der Waals surface area (Å²) in [5, 5.41) is 9.10. The average molecular weight is 300 g/mol. The molecule has 0 radical (unpaired) electrons. The molecule has 1 aromatic rings. The maximum atomic E-state index is 11.8. The second kappa shape index (κ2) is 5.06. The third kappa shape index (κ3) is 2.45. The molecule has 1 saturated heterocycles. The zero-order valence-electron chi connectivity index (χ0n) is 9.52. The zero-order chi connectivity index (χ0) is 12.4. The van der Waals surface area contributed by atoms with Crippen molar-refractivity contribution >= 4 is 27.5 Å². The fraction of sp³-hybridized carbons (Fsp3) is 0.417. The molecule has 1 aliphatic heterocycles. The van der Waals surface area contributed by atoms with E-state index in [0.717, 1.165) is 10.2 Å². The molecule has 1 atom stereocenters. The van der Waals surface area contributed by atoms with Crippen LogP contribution in [0, 0.1) is 5.92 Å². The third-order valence-electron chi connectivity index (χ3n) is 2.90. The van der Waals surface area contributed by atoms with E-state index in [1.807, 2.05) is 18.2 Å². The van der Waals surface area contributed by atoms with Gasteiger partial charge in [0.2, 0.25) is 5.91 Å². The van der Waals surface area contributed by atoms with Crippen molar-refractivity contribution in [3.63, 3.8) is 0 Å². The molecule has 17 heavy (non-hydrogen) atoms. The Kier molecular flexibility index (Phi) is 3.69. The van der Waals surface area contributed by atoms with Crippen LogP contribution in [0.15, 0.2) is 22.7 Å². The van der Waals surface area contributed by atoms with Gasteiger partial charge in [-0.2, -0.15) is 0 Å². The van der Waals surface area contributed by atoms with Crippen LogP contribution in [0.1, 0.15) is 6.42 Å². The normalized spacial score (nSPS) is 19.8. The van der Waals surface area contributed by atoms with Gasteiger partial charge in [-0.25, -0.2) is 0 Å². The Morgan fingerprint density at radius 2 is 2.35 bits per heavy atom. The van der Waals surface area contributed by atoms with Gasteiger partial charge in [-0.05, 0) is 18.2 Å². The van der Waals surface area contributed by atoms with Gasteiger partial charge >= 0.3 is 0 Å². The molecule has 1 aromatic carbocycles. The molecule has 0 aliphatic carbocycles. The van der Waals surface area contributed by atoms with Crippen molar-refractivity contribution in [1.82, 2.24) is 0 Å². The van der Waals surface area contributed by atoms with Crippen molar-refractivity contribution in [3.8, 4) is 5.75 Å². The number of hydrogen-bond donors (Lipinski definition) is 1. The molecule has 2 rings (SSSR count). The predicted molar refractivity (Wildman–Crippen MR) is 68.2 cm³/mol. The van der Waals surface area contributed by atoms with Crippen LogP contribution in [0.25, 0.3) is 0 Å². The number of aliphatic hydroxyl groups is 1. The SMILES string of the molecule is COc1cc(Br)ccc1N1CC(CO)CC1=O. The Labute approximate surface area is 108 Å². The van der Waals surface area contributed by atoms with E-state index in [0.29, 0.717) is 18.7 Å². The van der Waals surface area contributed by atoms with Crippen molar-refractivity contribution < 1.29 is 14.6 Å². The molecular weight excluding hydrogens is 286 g/mol. The highest BCUT2D eigenvalue weighted by Gasteiger charge is 2.31. The maximum Gasteiger partial charge on any atom is 0.227 e. The largest absolute Gasteiger partial charge is 0.495 e. The minimum absolute atomic E-state index is 0.0239. The maximum absolute atomic E-state index is 11.8. The first-order chi connectivity index (χ1) is 8.15. The van der Waals surface area contributed by atoms with Crippen LogP contribution < -0.4 is 9.64 Å². The molecule has 1 N–H and O–H groups in total. The zero-order valence-corrected chi connectivity index (χ0v) is 11.1. The number of aliphatic hydroxyl groups excluding tert-OH is 1. The van der Waals surface area contributed by atoms with E-state index >= 15 is 0 Å². The second-order valence-corrected chi connectivity index (χ2v) is 4.99. The highest BCUT2D eigenvalue weighted by Crippen LogP contribution is 2.34. The van der Waals surface area contributed by atoms with E-state index in [1.165, 1.54) is 0 Å². The van der Waals surface area contributed by atoms with Crippen molar-refractivity contribution in [3.05, 3.63) is 22.7 Å². The molecule has 4 nitrogen and oxygen atoms in total. The van der Waals surface area contributed by atoms with Crippen LogP contribution in [0.2, 0.25) is 0 Å². The van der Waals surface area contributed by atoms with Gasteiger partial charge in [0.05, 0.1) is 12.8 Å². The van der Waals surface area contributed by atoms with Crippen molar-refractivity contribution in [2.24, 2.45) is 5.92 Å². The van der Waals surface area contributed by atoms with Crippen LogP contribution in [0.3, 0.4) is 0 Å². The molecule has 1 fully saturated rings. The van der Waals surface area contributed by atoms with Crippen molar-refractivity contribution in [2.45, 2.75) is 6.42 Å². The lowest BCUT2D eigenvalue weighted by Crippen LogP contribution is -2.25. The Balaban J connectivity index is 2.31. The van der Waals surface area contributed by atoms with Gasteiger partial charge in [0.1, 0.15) is 5.75 Å². The fourth-order valence-electron chi connectivity index (χ4n) is 2.01. The molecule has 92 valence electrons. The minimum Gasteiger partial charge on any atom is -0.495 e. The number of carbonyl (C=O) groups excluding carboxylic acids is 1. The van der Waals surface area contributed by atoms with E-state index in [2.05, 4.69) is 15.9 Å². The number of carbonyl (C=O) groups is 1. The summed E-state index contributed by atoms with van der Waals surface area (Å²) in [4.78, 5) is 13.5. The number of anilines is 1. The number of amides is 1. The highest BCUT2D eigenvalue weighted by atomic mass is 79.9. The number of nitrogens with zero attached hydrogens (tertiary/aromatic N) is 1. The molecule has 1 heterocycles. The summed E-state index contributed by atoms with van der Waals surface area (Å²) in [5.41, 5.74) is 0.761. The van der Waals surface area contributed by atoms with Gasteiger partial charge in [0, 0.05) is 30.0 Å². The Hall–Kier alpha value is -1.07. The second-order valence-electron chi connectivity index (χ2n) is 4.07. The third-order valence-corrected chi connectivity index (χ3v) is 3.39. The lowest BCUT2D eigenvalue weighted by atomic mass is 10.1. The summed E-state index contributed by atoms with van der Waals surface area (Å²) < 4.78 is 6.18. The average Bonchev–Trinajstić information content (AvgIpc) is 2.70. The van der Waals surface area contributed by atoms with E-state index < -0.39 is 0 Å². The summed E-state index contributed by atoms with van der Waals surface area (Å²) in [6.07, 6.45) is 0.399. The number of ether oxygens (including phenoxy) is 1. The van der Waals surface area contributed by atoms with E-state index in [9.17, 15) is 4.79 Å². The first-order valence-corrected chi connectivity index (χ1v) is 6.19. The van der Waals surface area contributed by atoms with Crippen molar-refractivity contribution in [2.75, 3.05) is 25.2 Å². The summed E-state index contributed by atoms with van der Waals surface area (Å²) in [6.45, 7) is 0.592. The number of rotatable bonds is 3. The van der Waals surface area contributed by atoms with Crippen LogP contribution in [0.5, 0.6) is 5.75 Å². The van der Waals surface area contributed by atoms with Gasteiger partial charge in [0.15, 0.2) is 0 Å². The number of halogens is 1. The van der Waals surface area contributed by atoms with E-state index in [-0.39, 0.29) is 18.4 Å². The molecule has 1 unspecified atom stereocenters. The molecule has 0 aromatic heterocycles. The summed E-state index contributed by atoms with van der Waals surface area (Å²) in [7, 11) is 1.58. The van der Waals surface area contributed by atoms with Crippen LogP contribution >= 0.6 is 15.9 Å². The topological polar surface area (TPSA) is 49.8 Å². The number of hydrogen-bond acceptors (Lipinski definition) is 3. The van der Waals surface area contributed by atoms with Crippen LogP contribution in [-0.4, -0.2) is 31.3 Å². The Bertz CT molecular complexity index is 436. The summed E-state index contributed by atoms with van der Waals surface area (Å²) >= 11 is 3.36. The van der Waals surface area contributed by atoms with E-state index in [1.54, 1.807) is 12.0 Å². The van der Waals surface area contributed by atoms with E-state index in [4.69, 9.17) is 9.84 Å². The number of benzene rings is 1. The molecular formula is C12H14BrNO3. The molecule has 5 heteroatoms. The van der Waals surface area contributed by atoms with Crippen LogP contribution in [-0.2, 0) is 4.79 Å². The summed E-state index contributed by atoms with van der Waals surface area (Å²) in [5.74, 6) is 0.715. The Morgan fingerprint density at radius 1 is 1.59 bits per heavy atom. The number of methoxy groups -OCH3 is 1. The van der Waals surface area contributed by atoms with Gasteiger partial charge in [-0.1, -0.05) is 15.9 Å². The minimum atomic E-state index is 0.0239. The lowest BCUT2D eigenvalue weighted by Gasteiger charge is -2.19. The first-order valence-electron chi connectivity index (χ1n) is 5.40. The standard InChI is InChI=1S/C12H14BrNO3/c1-17-11-5-9(13)2-3-10(11)14-6-8(7-15)4-12(14)16/h2-3,5,8,15H,4,6-7H2,1H3. The monoisotopic (exact) mass is 299 g/mol. The molecule has 1 aliphatic rings. The van der Waals surface area contributed by atoms with Gasteiger partial charge < -0.3 is 14.7 Å². The van der Waals surface area contributed by atoms with Gasteiger partial charge in [-0.15, -0.1) is 0 Å². The molecule has 0 spiro atoms. The fourth-order valence-corrected chi connectivity index (χ4v) is 2.35. The molecule has 0 saturated carbocycles. The van der Waals surface area contributed by atoms with Gasteiger partial charge in [0.25, 0.3) is 0 Å². The smallest absolute Gasteiger partial charge is 0.227 e. The summed E-state index contributed by atoms with van der Waals surface area (Å²) in [6, 6.07) is 5.55.